The van der Waals surface area contributed by atoms with Gasteiger partial charge in [-0.15, -0.1) is 0 Å². The van der Waals surface area contributed by atoms with E-state index in [0.29, 0.717) is 6.54 Å². The van der Waals surface area contributed by atoms with E-state index < -0.39 is 23.1 Å². The number of carbonyl (C=O) groups is 1. The van der Waals surface area contributed by atoms with Crippen LogP contribution in [0.2, 0.25) is 0 Å². The Morgan fingerprint density at radius 3 is 2.62 bits per heavy atom. The largest absolute Gasteiger partial charge is 0.396 e. The molecule has 0 saturated carbocycles. The molecule has 0 fully saturated rings. The summed E-state index contributed by atoms with van der Waals surface area (Å²) in [6.45, 7) is 4.12. The Hall–Kier alpha value is -1.65. The number of benzene rings is 1. The number of nitrogen functional groups attached to an aromatic ring is 1. The van der Waals surface area contributed by atoms with E-state index in [1.54, 1.807) is 0 Å². The van der Waals surface area contributed by atoms with E-state index in [0.717, 1.165) is 12.1 Å². The second kappa shape index (κ2) is 4.92. The van der Waals surface area contributed by atoms with Crippen molar-refractivity contribution in [1.29, 1.82) is 0 Å². The van der Waals surface area contributed by atoms with Gasteiger partial charge in [0.15, 0.2) is 5.82 Å². The lowest BCUT2D eigenvalue weighted by molar-refractivity contribution is 0.0940. The molecule has 88 valence electrons. The Morgan fingerprint density at radius 1 is 1.44 bits per heavy atom. The Balaban J connectivity index is 2.95. The number of anilines is 1. The van der Waals surface area contributed by atoms with Gasteiger partial charge in [0, 0.05) is 6.54 Å². The fourth-order valence-corrected chi connectivity index (χ4v) is 1.16. The lowest BCUT2D eigenvalue weighted by atomic mass is 10.1. The Kier molecular flexibility index (Phi) is 3.82. The number of rotatable bonds is 3. The van der Waals surface area contributed by atoms with Crippen molar-refractivity contribution >= 4 is 11.6 Å². The summed E-state index contributed by atoms with van der Waals surface area (Å²) in [6, 6.07) is 2.06. The van der Waals surface area contributed by atoms with E-state index in [1.807, 2.05) is 13.8 Å². The maximum Gasteiger partial charge on any atom is 0.257 e. The molecule has 0 radical (unpaired) electrons. The lowest BCUT2D eigenvalue weighted by Crippen LogP contribution is -2.29. The first-order valence-electron chi connectivity index (χ1n) is 4.95. The summed E-state index contributed by atoms with van der Waals surface area (Å²) in [5.41, 5.74) is 4.40. The van der Waals surface area contributed by atoms with Gasteiger partial charge in [-0.3, -0.25) is 4.79 Å². The van der Waals surface area contributed by atoms with E-state index in [1.165, 1.54) is 0 Å². The molecule has 0 aliphatic rings. The third-order valence-electron chi connectivity index (χ3n) is 2.02. The standard InChI is InChI=1S/C11H14F2N2O/c1-6(2)5-15-11(16)9-7(12)3-4-8(14)10(9)13/h3-4,6H,5,14H2,1-2H3,(H,15,16). The van der Waals surface area contributed by atoms with Crippen LogP contribution in [0, 0.1) is 17.6 Å². The van der Waals surface area contributed by atoms with Crippen molar-refractivity contribution in [3.8, 4) is 0 Å². The highest BCUT2D eigenvalue weighted by Gasteiger charge is 2.19. The molecule has 0 bridgehead atoms. The summed E-state index contributed by atoms with van der Waals surface area (Å²) in [6.07, 6.45) is 0. The molecule has 3 N–H and O–H groups in total. The highest BCUT2D eigenvalue weighted by atomic mass is 19.1. The minimum Gasteiger partial charge on any atom is -0.396 e. The van der Waals surface area contributed by atoms with Crippen molar-refractivity contribution in [2.45, 2.75) is 13.8 Å². The van der Waals surface area contributed by atoms with Crippen molar-refractivity contribution in [3.63, 3.8) is 0 Å². The quantitative estimate of drug-likeness (QED) is 0.777. The summed E-state index contributed by atoms with van der Waals surface area (Å²) >= 11 is 0. The fourth-order valence-electron chi connectivity index (χ4n) is 1.16. The van der Waals surface area contributed by atoms with Crippen LogP contribution < -0.4 is 11.1 Å². The molecule has 0 aromatic heterocycles. The topological polar surface area (TPSA) is 55.1 Å². The van der Waals surface area contributed by atoms with Gasteiger partial charge in [-0.1, -0.05) is 13.8 Å². The second-order valence-electron chi connectivity index (χ2n) is 3.93. The van der Waals surface area contributed by atoms with Crippen LogP contribution in [0.25, 0.3) is 0 Å². The molecule has 0 aliphatic heterocycles. The number of nitrogens with two attached hydrogens (primary N) is 1. The number of carbonyl (C=O) groups excluding carboxylic acids is 1. The van der Waals surface area contributed by atoms with E-state index in [2.05, 4.69) is 5.32 Å². The molecule has 1 amide bonds. The van der Waals surface area contributed by atoms with Crippen LogP contribution in [-0.4, -0.2) is 12.5 Å². The lowest BCUT2D eigenvalue weighted by Gasteiger charge is -2.09. The summed E-state index contributed by atoms with van der Waals surface area (Å²) in [4.78, 5) is 11.5. The molecule has 0 aliphatic carbocycles. The van der Waals surface area contributed by atoms with Crippen LogP contribution in [0.15, 0.2) is 12.1 Å². The number of halogens is 2. The number of hydrogen-bond donors (Lipinski definition) is 2. The predicted molar refractivity (Wildman–Crippen MR) is 57.9 cm³/mol. The van der Waals surface area contributed by atoms with Crippen LogP contribution in [-0.2, 0) is 0 Å². The van der Waals surface area contributed by atoms with Gasteiger partial charge >= 0.3 is 0 Å². The van der Waals surface area contributed by atoms with Gasteiger partial charge < -0.3 is 11.1 Å². The summed E-state index contributed by atoms with van der Waals surface area (Å²) < 4.78 is 26.7. The van der Waals surface area contributed by atoms with Gasteiger partial charge in [-0.25, -0.2) is 8.78 Å². The maximum atomic E-state index is 13.4. The molecule has 3 nitrogen and oxygen atoms in total. The Bertz CT molecular complexity index is 405. The fraction of sp³-hybridized carbons (Fsp3) is 0.364. The van der Waals surface area contributed by atoms with Crippen molar-refractivity contribution in [2.75, 3.05) is 12.3 Å². The summed E-state index contributed by atoms with van der Waals surface area (Å²) in [5, 5.41) is 2.43. The minimum absolute atomic E-state index is 0.205. The number of hydrogen-bond acceptors (Lipinski definition) is 2. The first-order chi connectivity index (χ1) is 7.43. The van der Waals surface area contributed by atoms with E-state index in [9.17, 15) is 13.6 Å². The third-order valence-corrected chi connectivity index (χ3v) is 2.02. The first kappa shape index (κ1) is 12.4. The normalized spacial score (nSPS) is 10.6. The second-order valence-corrected chi connectivity index (χ2v) is 3.93. The SMILES string of the molecule is CC(C)CNC(=O)c1c(F)ccc(N)c1F. The average Bonchev–Trinajstić information content (AvgIpc) is 2.21. The van der Waals surface area contributed by atoms with E-state index in [4.69, 9.17) is 5.73 Å². The zero-order chi connectivity index (χ0) is 12.3. The third kappa shape index (κ3) is 2.68. The van der Waals surface area contributed by atoms with Crippen molar-refractivity contribution in [3.05, 3.63) is 29.3 Å². The van der Waals surface area contributed by atoms with E-state index in [-0.39, 0.29) is 11.6 Å². The molecule has 1 aromatic rings. The maximum absolute atomic E-state index is 13.4. The molecule has 0 unspecified atom stereocenters. The number of amides is 1. The number of nitrogens with one attached hydrogen (secondary N) is 1. The highest BCUT2D eigenvalue weighted by Crippen LogP contribution is 2.18. The molecule has 16 heavy (non-hydrogen) atoms. The Labute approximate surface area is 92.6 Å². The molecule has 1 rings (SSSR count). The van der Waals surface area contributed by atoms with Gasteiger partial charge in [-0.05, 0) is 18.1 Å². The van der Waals surface area contributed by atoms with Crippen molar-refractivity contribution in [1.82, 2.24) is 5.32 Å². The summed E-state index contributed by atoms with van der Waals surface area (Å²) in [5.74, 6) is -2.50. The molecule has 1 aromatic carbocycles. The van der Waals surface area contributed by atoms with E-state index >= 15 is 0 Å². The molecular formula is C11H14F2N2O. The smallest absolute Gasteiger partial charge is 0.257 e. The molecular weight excluding hydrogens is 214 g/mol. The van der Waals surface area contributed by atoms with Gasteiger partial charge in [0.05, 0.1) is 5.69 Å². The molecule has 5 heteroatoms. The zero-order valence-corrected chi connectivity index (χ0v) is 9.18. The first-order valence-corrected chi connectivity index (χ1v) is 4.95. The van der Waals surface area contributed by atoms with Crippen molar-refractivity contribution < 1.29 is 13.6 Å². The molecule has 0 spiro atoms. The minimum atomic E-state index is -1.01. The van der Waals surface area contributed by atoms with Crippen LogP contribution in [0.4, 0.5) is 14.5 Å². The van der Waals surface area contributed by atoms with Crippen molar-refractivity contribution in [2.24, 2.45) is 5.92 Å². The summed E-state index contributed by atoms with van der Waals surface area (Å²) in [7, 11) is 0. The Morgan fingerprint density at radius 2 is 2.06 bits per heavy atom. The van der Waals surface area contributed by atoms with Crippen LogP contribution in [0.5, 0.6) is 0 Å². The van der Waals surface area contributed by atoms with Gasteiger partial charge in [-0.2, -0.15) is 0 Å². The molecule has 0 atom stereocenters. The monoisotopic (exact) mass is 228 g/mol. The van der Waals surface area contributed by atoms with Crippen LogP contribution in [0.1, 0.15) is 24.2 Å². The molecule has 0 saturated heterocycles. The van der Waals surface area contributed by atoms with Crippen LogP contribution >= 0.6 is 0 Å². The average molecular weight is 228 g/mol. The molecule has 0 heterocycles. The predicted octanol–water partition coefficient (Wildman–Crippen LogP) is 1.93. The highest BCUT2D eigenvalue weighted by molar-refractivity contribution is 5.95. The van der Waals surface area contributed by atoms with Crippen LogP contribution in [0.3, 0.4) is 0 Å². The van der Waals surface area contributed by atoms with Gasteiger partial charge in [0.25, 0.3) is 5.91 Å². The zero-order valence-electron chi connectivity index (χ0n) is 9.18. The van der Waals surface area contributed by atoms with Gasteiger partial charge in [0.2, 0.25) is 0 Å². The van der Waals surface area contributed by atoms with Gasteiger partial charge in [0.1, 0.15) is 11.4 Å².